The first kappa shape index (κ1) is 15.4. The molecule has 0 saturated heterocycles. The molecule has 106 valence electrons. The quantitative estimate of drug-likeness (QED) is 0.462. The highest BCUT2D eigenvalue weighted by Crippen LogP contribution is 2.28. The summed E-state index contributed by atoms with van der Waals surface area (Å²) in [7, 11) is 0. The van der Waals surface area contributed by atoms with Gasteiger partial charge < -0.3 is 5.32 Å². The average Bonchev–Trinajstić information content (AvgIpc) is 2.82. The maximum Gasteiger partial charge on any atom is 0.283 e. The molecule has 2 aromatic rings. The second kappa shape index (κ2) is 7.17. The van der Waals surface area contributed by atoms with E-state index in [1.165, 1.54) is 10.9 Å². The van der Waals surface area contributed by atoms with E-state index in [2.05, 4.69) is 21.2 Å². The largest absolute Gasteiger partial charge is 0.312 e. The Morgan fingerprint density at radius 2 is 2.15 bits per heavy atom. The lowest BCUT2D eigenvalue weighted by Gasteiger charge is -2.06. The van der Waals surface area contributed by atoms with Gasteiger partial charge >= 0.3 is 0 Å². The van der Waals surface area contributed by atoms with Gasteiger partial charge in [-0.25, -0.2) is 0 Å². The average molecular weight is 376 g/mol. The molecular formula is C13H12BrClN2O2S. The summed E-state index contributed by atoms with van der Waals surface area (Å²) >= 11 is 10.7. The third-order valence-electron chi connectivity index (χ3n) is 2.75. The van der Waals surface area contributed by atoms with Crippen molar-refractivity contribution in [3.63, 3.8) is 0 Å². The Bertz CT molecular complexity index is 618. The van der Waals surface area contributed by atoms with Crippen LogP contribution >= 0.6 is 38.9 Å². The highest BCUT2D eigenvalue weighted by atomic mass is 79.9. The Morgan fingerprint density at radius 1 is 1.35 bits per heavy atom. The van der Waals surface area contributed by atoms with E-state index in [1.54, 1.807) is 17.4 Å². The minimum absolute atomic E-state index is 0.0920. The number of thiophene rings is 1. The topological polar surface area (TPSA) is 55.2 Å². The summed E-state index contributed by atoms with van der Waals surface area (Å²) in [6.45, 7) is 1.38. The summed E-state index contributed by atoms with van der Waals surface area (Å²) in [4.78, 5) is 11.7. The predicted molar refractivity (Wildman–Crippen MR) is 85.5 cm³/mol. The van der Waals surface area contributed by atoms with Crippen LogP contribution in [0.5, 0.6) is 0 Å². The van der Waals surface area contributed by atoms with E-state index in [1.807, 2.05) is 18.2 Å². The Hall–Kier alpha value is -0.950. The molecule has 1 aromatic carbocycles. The highest BCUT2D eigenvalue weighted by molar-refractivity contribution is 9.10. The molecule has 0 saturated carbocycles. The number of halogens is 2. The standard InChI is InChI=1S/C13H12BrClN2O2S/c14-13-9(2-1-3-11(13)17(18)19)8-16-7-6-10-4-5-12(15)20-10/h1-5,16H,6-8H2. The fourth-order valence-electron chi connectivity index (χ4n) is 1.76. The van der Waals surface area contributed by atoms with Crippen molar-refractivity contribution < 1.29 is 4.92 Å². The summed E-state index contributed by atoms with van der Waals surface area (Å²) in [5.41, 5.74) is 0.970. The lowest BCUT2D eigenvalue weighted by Crippen LogP contribution is -2.16. The number of nitrogens with one attached hydrogen (secondary N) is 1. The maximum absolute atomic E-state index is 10.8. The van der Waals surface area contributed by atoms with Gasteiger partial charge in [0.25, 0.3) is 5.69 Å². The van der Waals surface area contributed by atoms with Gasteiger partial charge in [-0.3, -0.25) is 10.1 Å². The molecule has 0 amide bonds. The monoisotopic (exact) mass is 374 g/mol. The van der Waals surface area contributed by atoms with Crippen molar-refractivity contribution >= 4 is 44.6 Å². The second-order valence-electron chi connectivity index (χ2n) is 4.14. The van der Waals surface area contributed by atoms with Gasteiger partial charge in [-0.2, -0.15) is 0 Å². The maximum atomic E-state index is 10.8. The van der Waals surface area contributed by atoms with E-state index < -0.39 is 0 Å². The lowest BCUT2D eigenvalue weighted by molar-refractivity contribution is -0.385. The van der Waals surface area contributed by atoms with E-state index >= 15 is 0 Å². The summed E-state index contributed by atoms with van der Waals surface area (Å²) < 4.78 is 1.33. The highest BCUT2D eigenvalue weighted by Gasteiger charge is 2.14. The van der Waals surface area contributed by atoms with Gasteiger partial charge in [0.2, 0.25) is 0 Å². The summed E-state index contributed by atoms with van der Waals surface area (Å²) in [6.07, 6.45) is 0.893. The zero-order chi connectivity index (χ0) is 14.5. The summed E-state index contributed by atoms with van der Waals surface area (Å²) in [5.74, 6) is 0. The van der Waals surface area contributed by atoms with Crippen LogP contribution in [0.15, 0.2) is 34.8 Å². The number of hydrogen-bond donors (Lipinski definition) is 1. The first-order valence-corrected chi connectivity index (χ1v) is 7.93. The molecule has 0 aliphatic heterocycles. The second-order valence-corrected chi connectivity index (χ2v) is 6.73. The molecule has 0 spiro atoms. The molecule has 0 aliphatic carbocycles. The van der Waals surface area contributed by atoms with Crippen molar-refractivity contribution in [3.8, 4) is 0 Å². The van der Waals surface area contributed by atoms with Crippen molar-refractivity contribution in [1.82, 2.24) is 5.32 Å². The van der Waals surface area contributed by atoms with Gasteiger partial charge in [0.1, 0.15) is 0 Å². The molecule has 1 heterocycles. The van der Waals surface area contributed by atoms with Crippen LogP contribution < -0.4 is 5.32 Å². The Balaban J connectivity index is 1.88. The van der Waals surface area contributed by atoms with E-state index in [0.717, 1.165) is 22.9 Å². The van der Waals surface area contributed by atoms with Crippen molar-refractivity contribution in [3.05, 3.63) is 59.7 Å². The molecule has 4 nitrogen and oxygen atoms in total. The van der Waals surface area contributed by atoms with Crippen LogP contribution in [0.1, 0.15) is 10.4 Å². The Kier molecular flexibility index (Phi) is 5.54. The van der Waals surface area contributed by atoms with Gasteiger partial charge in [0, 0.05) is 24.0 Å². The number of benzene rings is 1. The van der Waals surface area contributed by atoms with Gasteiger partial charge in [0.05, 0.1) is 13.7 Å². The first-order valence-electron chi connectivity index (χ1n) is 5.94. The molecule has 2 rings (SSSR count). The van der Waals surface area contributed by atoms with Crippen molar-refractivity contribution in [1.29, 1.82) is 0 Å². The van der Waals surface area contributed by atoms with Crippen molar-refractivity contribution in [2.45, 2.75) is 13.0 Å². The molecule has 0 unspecified atom stereocenters. The number of nitrogens with zero attached hydrogens (tertiary/aromatic N) is 1. The van der Waals surface area contributed by atoms with Crippen LogP contribution in [0.3, 0.4) is 0 Å². The predicted octanol–water partition coefficient (Wildman–Crippen LogP) is 4.40. The molecule has 0 radical (unpaired) electrons. The van der Waals surface area contributed by atoms with E-state index in [9.17, 15) is 10.1 Å². The summed E-state index contributed by atoms with van der Waals surface area (Å²) in [5, 5.41) is 14.1. The zero-order valence-electron chi connectivity index (χ0n) is 10.4. The van der Waals surface area contributed by atoms with Crippen LogP contribution in [-0.4, -0.2) is 11.5 Å². The Morgan fingerprint density at radius 3 is 2.80 bits per heavy atom. The minimum Gasteiger partial charge on any atom is -0.312 e. The molecule has 1 aromatic heterocycles. The van der Waals surface area contributed by atoms with Crippen LogP contribution in [0.2, 0.25) is 4.34 Å². The van der Waals surface area contributed by atoms with Crippen molar-refractivity contribution in [2.24, 2.45) is 0 Å². The fourth-order valence-corrected chi connectivity index (χ4v) is 3.40. The Labute approximate surface area is 134 Å². The van der Waals surface area contributed by atoms with Crippen molar-refractivity contribution in [2.75, 3.05) is 6.54 Å². The third-order valence-corrected chi connectivity index (χ3v) is 4.95. The van der Waals surface area contributed by atoms with Gasteiger partial charge in [-0.1, -0.05) is 23.7 Å². The van der Waals surface area contributed by atoms with E-state index in [-0.39, 0.29) is 10.6 Å². The van der Waals surface area contributed by atoms with E-state index in [0.29, 0.717) is 11.0 Å². The number of rotatable bonds is 6. The molecule has 0 aliphatic rings. The molecule has 7 heteroatoms. The molecule has 0 atom stereocenters. The van der Waals surface area contributed by atoms with Crippen LogP contribution in [0, 0.1) is 10.1 Å². The normalized spacial score (nSPS) is 10.7. The number of hydrogen-bond acceptors (Lipinski definition) is 4. The SMILES string of the molecule is O=[N+]([O-])c1cccc(CNCCc2ccc(Cl)s2)c1Br. The zero-order valence-corrected chi connectivity index (χ0v) is 13.6. The van der Waals surface area contributed by atoms with Gasteiger partial charge in [0.15, 0.2) is 0 Å². The van der Waals surface area contributed by atoms with Crippen LogP contribution in [0.25, 0.3) is 0 Å². The third kappa shape index (κ3) is 4.02. The van der Waals surface area contributed by atoms with E-state index in [4.69, 9.17) is 11.6 Å². The summed E-state index contributed by atoms with van der Waals surface area (Å²) in [6, 6.07) is 8.95. The van der Waals surface area contributed by atoms with Crippen LogP contribution in [0.4, 0.5) is 5.69 Å². The fraction of sp³-hybridized carbons (Fsp3) is 0.231. The molecular weight excluding hydrogens is 364 g/mol. The molecule has 20 heavy (non-hydrogen) atoms. The van der Waals surface area contributed by atoms with Gasteiger partial charge in [-0.15, -0.1) is 11.3 Å². The molecule has 1 N–H and O–H groups in total. The van der Waals surface area contributed by atoms with Gasteiger partial charge in [-0.05, 0) is 40.0 Å². The number of nitro benzene ring substituents is 1. The molecule has 0 fully saturated rings. The first-order chi connectivity index (χ1) is 9.58. The smallest absolute Gasteiger partial charge is 0.283 e. The molecule has 0 bridgehead atoms. The minimum atomic E-state index is -0.388. The lowest BCUT2D eigenvalue weighted by atomic mass is 10.2. The number of nitro groups is 1. The van der Waals surface area contributed by atoms with Crippen LogP contribution in [-0.2, 0) is 13.0 Å².